The lowest BCUT2D eigenvalue weighted by molar-refractivity contribution is -0.119. The maximum Gasteiger partial charge on any atom is 0.407 e. The molecule has 32 heavy (non-hydrogen) atoms. The summed E-state index contributed by atoms with van der Waals surface area (Å²) >= 11 is 0. The molecule has 2 aromatic rings. The summed E-state index contributed by atoms with van der Waals surface area (Å²) in [5, 5.41) is 11.6. The smallest absolute Gasteiger partial charge is 0.407 e. The Morgan fingerprint density at radius 1 is 1.16 bits per heavy atom. The molecule has 0 saturated carbocycles. The molecular formula is C22H26FN3O5S. The van der Waals surface area contributed by atoms with Crippen LogP contribution in [0.3, 0.4) is 0 Å². The number of carbonyl (C=O) groups excluding carboxylic acids is 1. The molecule has 1 heterocycles. The van der Waals surface area contributed by atoms with Crippen LogP contribution in [0.15, 0.2) is 47.4 Å². The number of carbonyl (C=O) groups is 2. The number of amides is 2. The van der Waals surface area contributed by atoms with Crippen molar-refractivity contribution >= 4 is 27.7 Å². The molecule has 3 N–H and O–H groups in total. The van der Waals surface area contributed by atoms with Gasteiger partial charge in [-0.2, -0.15) is 0 Å². The van der Waals surface area contributed by atoms with E-state index in [0.29, 0.717) is 24.0 Å². The molecule has 0 aliphatic carbocycles. The summed E-state index contributed by atoms with van der Waals surface area (Å²) in [6, 6.07) is 9.37. The number of nitrogens with one attached hydrogen (secondary N) is 2. The average Bonchev–Trinajstić information content (AvgIpc) is 3.18. The predicted molar refractivity (Wildman–Crippen MR) is 118 cm³/mol. The Kier molecular flexibility index (Phi) is 6.56. The van der Waals surface area contributed by atoms with Crippen LogP contribution in [0.2, 0.25) is 0 Å². The van der Waals surface area contributed by atoms with Crippen molar-refractivity contribution in [1.29, 1.82) is 0 Å². The normalized spacial score (nSPS) is 16.8. The van der Waals surface area contributed by atoms with Crippen molar-refractivity contribution < 1.29 is 27.5 Å². The molecule has 0 spiro atoms. The number of likely N-dealkylation sites (tertiary alicyclic amines) is 1. The minimum Gasteiger partial charge on any atom is -0.465 e. The Bertz CT molecular complexity index is 1140. The lowest BCUT2D eigenvalue weighted by Crippen LogP contribution is -2.42. The molecule has 1 aliphatic heterocycles. The van der Waals surface area contributed by atoms with Gasteiger partial charge in [-0.1, -0.05) is 24.3 Å². The summed E-state index contributed by atoms with van der Waals surface area (Å²) in [6.45, 7) is 5.42. The van der Waals surface area contributed by atoms with E-state index in [1.807, 2.05) is 0 Å². The number of nitrogens with zero attached hydrogens (tertiary/aromatic N) is 1. The Balaban J connectivity index is 1.88. The van der Waals surface area contributed by atoms with Crippen LogP contribution in [0.25, 0.3) is 11.1 Å². The fourth-order valence-electron chi connectivity index (χ4n) is 3.67. The first-order chi connectivity index (χ1) is 14.9. The standard InChI is InChI=1S/C22H26FN3O5S/c1-22(2,3)25-32(30,31)19-9-5-4-7-15(19)14-10-11-17(16(23)13-14)24-20(27)18-8-6-12-26(18)21(28)29/h4-5,7,9-11,13,18,25H,6,8,12H2,1-3H3,(H,24,27)(H,28,29). The largest absolute Gasteiger partial charge is 0.465 e. The van der Waals surface area contributed by atoms with Crippen LogP contribution in [0.1, 0.15) is 33.6 Å². The molecule has 1 atom stereocenters. The first-order valence-corrected chi connectivity index (χ1v) is 11.6. The lowest BCUT2D eigenvalue weighted by atomic mass is 10.0. The van der Waals surface area contributed by atoms with Gasteiger partial charge >= 0.3 is 6.09 Å². The van der Waals surface area contributed by atoms with Crippen LogP contribution in [0.5, 0.6) is 0 Å². The highest BCUT2D eigenvalue weighted by atomic mass is 32.2. The van der Waals surface area contributed by atoms with Gasteiger partial charge in [0.2, 0.25) is 15.9 Å². The molecule has 172 valence electrons. The third kappa shape index (κ3) is 5.25. The number of benzene rings is 2. The van der Waals surface area contributed by atoms with Crippen molar-refractivity contribution in [2.45, 2.75) is 50.1 Å². The maximum atomic E-state index is 14.8. The number of sulfonamides is 1. The number of halogens is 1. The van der Waals surface area contributed by atoms with Gasteiger partial charge < -0.3 is 10.4 Å². The quantitative estimate of drug-likeness (QED) is 0.626. The molecule has 0 radical (unpaired) electrons. The highest BCUT2D eigenvalue weighted by Gasteiger charge is 2.34. The van der Waals surface area contributed by atoms with E-state index in [2.05, 4.69) is 10.0 Å². The molecule has 0 aromatic heterocycles. The molecule has 1 unspecified atom stereocenters. The molecule has 10 heteroatoms. The number of anilines is 1. The monoisotopic (exact) mass is 463 g/mol. The van der Waals surface area contributed by atoms with Gasteiger partial charge in [-0.05, 0) is 57.4 Å². The third-order valence-corrected chi connectivity index (χ3v) is 6.77. The zero-order chi connectivity index (χ0) is 23.7. The molecular weight excluding hydrogens is 437 g/mol. The predicted octanol–water partition coefficient (Wildman–Crippen LogP) is 3.65. The molecule has 1 fully saturated rings. The average molecular weight is 464 g/mol. The molecule has 1 aliphatic rings. The van der Waals surface area contributed by atoms with Gasteiger partial charge in [0, 0.05) is 17.6 Å². The molecule has 8 nitrogen and oxygen atoms in total. The van der Waals surface area contributed by atoms with Crippen molar-refractivity contribution in [2.24, 2.45) is 0 Å². The minimum absolute atomic E-state index is 0.00849. The van der Waals surface area contributed by atoms with Crippen molar-refractivity contribution in [1.82, 2.24) is 9.62 Å². The lowest BCUT2D eigenvalue weighted by Gasteiger charge is -2.22. The summed E-state index contributed by atoms with van der Waals surface area (Å²) in [4.78, 5) is 24.8. The van der Waals surface area contributed by atoms with Gasteiger partial charge in [-0.15, -0.1) is 0 Å². The van der Waals surface area contributed by atoms with E-state index in [1.54, 1.807) is 39.0 Å². The zero-order valence-corrected chi connectivity index (χ0v) is 18.9. The molecule has 1 saturated heterocycles. The molecule has 0 bridgehead atoms. The van der Waals surface area contributed by atoms with E-state index in [0.717, 1.165) is 11.0 Å². The van der Waals surface area contributed by atoms with Gasteiger partial charge in [0.05, 0.1) is 10.6 Å². The summed E-state index contributed by atoms with van der Waals surface area (Å²) < 4.78 is 43.1. The first kappa shape index (κ1) is 23.7. The highest BCUT2D eigenvalue weighted by molar-refractivity contribution is 7.89. The van der Waals surface area contributed by atoms with Gasteiger partial charge in [0.25, 0.3) is 0 Å². The van der Waals surface area contributed by atoms with Crippen LogP contribution < -0.4 is 10.0 Å². The summed E-state index contributed by atoms with van der Waals surface area (Å²) in [5.74, 6) is -1.36. The second-order valence-electron chi connectivity index (χ2n) is 8.67. The second kappa shape index (κ2) is 8.87. The van der Waals surface area contributed by atoms with Crippen LogP contribution in [0, 0.1) is 5.82 Å². The van der Waals surface area contributed by atoms with Crippen LogP contribution in [0.4, 0.5) is 14.9 Å². The van der Waals surface area contributed by atoms with E-state index < -0.39 is 39.4 Å². The van der Waals surface area contributed by atoms with E-state index in [4.69, 9.17) is 0 Å². The second-order valence-corrected chi connectivity index (χ2v) is 10.3. The van der Waals surface area contributed by atoms with E-state index in [9.17, 15) is 27.5 Å². The molecule has 3 rings (SSSR count). The zero-order valence-electron chi connectivity index (χ0n) is 18.1. The number of hydrogen-bond acceptors (Lipinski definition) is 4. The molecule has 2 amide bonds. The van der Waals surface area contributed by atoms with Crippen LogP contribution >= 0.6 is 0 Å². The Morgan fingerprint density at radius 2 is 1.84 bits per heavy atom. The fourth-order valence-corrected chi connectivity index (χ4v) is 5.32. The van der Waals surface area contributed by atoms with Crippen molar-refractivity contribution in [3.63, 3.8) is 0 Å². The van der Waals surface area contributed by atoms with Crippen LogP contribution in [-0.2, 0) is 14.8 Å². The summed E-state index contributed by atoms with van der Waals surface area (Å²) in [5.41, 5.74) is -0.170. The third-order valence-electron chi connectivity index (χ3n) is 4.96. The van der Waals surface area contributed by atoms with E-state index in [-0.39, 0.29) is 17.1 Å². The topological polar surface area (TPSA) is 116 Å². The van der Waals surface area contributed by atoms with Gasteiger partial charge in [-0.25, -0.2) is 22.3 Å². The first-order valence-electron chi connectivity index (χ1n) is 10.1. The number of rotatable bonds is 5. The fraction of sp³-hybridized carbons (Fsp3) is 0.364. The SMILES string of the molecule is CC(C)(C)NS(=O)(=O)c1ccccc1-c1ccc(NC(=O)C2CCCN2C(=O)O)c(F)c1. The van der Waals surface area contributed by atoms with Gasteiger partial charge in [0.1, 0.15) is 11.9 Å². The van der Waals surface area contributed by atoms with Crippen molar-refractivity contribution in [3.05, 3.63) is 48.3 Å². The van der Waals surface area contributed by atoms with Gasteiger partial charge in [0.15, 0.2) is 0 Å². The van der Waals surface area contributed by atoms with Gasteiger partial charge in [-0.3, -0.25) is 9.69 Å². The maximum absolute atomic E-state index is 14.8. The number of hydrogen-bond donors (Lipinski definition) is 3. The Labute approximate surface area is 186 Å². The molecule has 2 aromatic carbocycles. The summed E-state index contributed by atoms with van der Waals surface area (Å²) in [7, 11) is -3.87. The number of carboxylic acid groups (broad SMARTS) is 1. The van der Waals surface area contributed by atoms with E-state index >= 15 is 0 Å². The van der Waals surface area contributed by atoms with Crippen molar-refractivity contribution in [2.75, 3.05) is 11.9 Å². The summed E-state index contributed by atoms with van der Waals surface area (Å²) in [6.07, 6.45) is -0.274. The van der Waals surface area contributed by atoms with Crippen LogP contribution in [-0.4, -0.2) is 48.6 Å². The minimum atomic E-state index is -3.87. The Hall–Kier alpha value is -2.98. The Morgan fingerprint density at radius 3 is 2.47 bits per heavy atom. The highest BCUT2D eigenvalue weighted by Crippen LogP contribution is 2.31. The van der Waals surface area contributed by atoms with E-state index in [1.165, 1.54) is 18.2 Å². The van der Waals surface area contributed by atoms with Crippen molar-refractivity contribution in [3.8, 4) is 11.1 Å².